The Balaban J connectivity index is 1.94. The van der Waals surface area contributed by atoms with Crippen LogP contribution in [-0.4, -0.2) is 35.6 Å². The molecule has 8 nitrogen and oxygen atoms in total. The molecule has 0 atom stereocenters. The Morgan fingerprint density at radius 3 is 2.78 bits per heavy atom. The van der Waals surface area contributed by atoms with E-state index in [1.54, 1.807) is 30.5 Å². The van der Waals surface area contributed by atoms with Gasteiger partial charge in [0.1, 0.15) is 10.5 Å². The highest BCUT2D eigenvalue weighted by Gasteiger charge is 2.24. The minimum Gasteiger partial charge on any atom is -0.326 e. The van der Waals surface area contributed by atoms with E-state index in [0.29, 0.717) is 21.5 Å². The third-order valence-corrected chi connectivity index (χ3v) is 6.78. The molecule has 1 aromatic carbocycles. The number of anilines is 1. The smallest absolute Gasteiger partial charge is 0.268 e. The van der Waals surface area contributed by atoms with Crippen LogP contribution in [0.5, 0.6) is 0 Å². The van der Waals surface area contributed by atoms with Crippen molar-refractivity contribution >= 4 is 43.2 Å². The van der Waals surface area contributed by atoms with Gasteiger partial charge in [0.05, 0.1) is 17.0 Å². The number of nitrogens with zero attached hydrogens (tertiary/aromatic N) is 2. The quantitative estimate of drug-likeness (QED) is 0.674. The number of benzene rings is 1. The number of nitrogens with one attached hydrogen (secondary N) is 2. The van der Waals surface area contributed by atoms with Gasteiger partial charge >= 0.3 is 0 Å². The van der Waals surface area contributed by atoms with Crippen molar-refractivity contribution in [3.05, 3.63) is 51.4 Å². The first-order chi connectivity index (χ1) is 12.7. The summed E-state index contributed by atoms with van der Waals surface area (Å²) in [5.41, 5.74) is 1.19. The minimum absolute atomic E-state index is 0.0789. The van der Waals surface area contributed by atoms with Crippen LogP contribution in [0.25, 0.3) is 10.2 Å². The topological polar surface area (TPSA) is 112 Å². The Bertz CT molecular complexity index is 1180. The number of aromatic amines is 1. The summed E-state index contributed by atoms with van der Waals surface area (Å²) < 4.78 is 27.6. The maximum Gasteiger partial charge on any atom is 0.268 e. The predicted octanol–water partition coefficient (Wildman–Crippen LogP) is 2.07. The molecule has 142 valence electrons. The Hall–Kier alpha value is -2.56. The minimum atomic E-state index is -3.86. The third kappa shape index (κ3) is 3.92. The zero-order chi connectivity index (χ0) is 19.8. The van der Waals surface area contributed by atoms with Crippen LogP contribution in [0.4, 0.5) is 5.69 Å². The van der Waals surface area contributed by atoms with Crippen molar-refractivity contribution in [2.45, 2.75) is 25.3 Å². The first-order valence-corrected chi connectivity index (χ1v) is 10.3. The zero-order valence-electron chi connectivity index (χ0n) is 14.9. The van der Waals surface area contributed by atoms with Gasteiger partial charge < -0.3 is 10.3 Å². The normalized spacial score (nSPS) is 11.9. The molecule has 2 aromatic heterocycles. The molecule has 2 heterocycles. The Labute approximate surface area is 159 Å². The summed E-state index contributed by atoms with van der Waals surface area (Å²) in [7, 11) is -2.44. The van der Waals surface area contributed by atoms with Crippen molar-refractivity contribution in [2.75, 3.05) is 12.4 Å². The molecule has 0 fully saturated rings. The molecule has 0 spiro atoms. The largest absolute Gasteiger partial charge is 0.326 e. The highest BCUT2D eigenvalue weighted by Crippen LogP contribution is 2.24. The van der Waals surface area contributed by atoms with E-state index < -0.39 is 10.0 Å². The number of aromatic nitrogens is 2. The highest BCUT2D eigenvalue weighted by molar-refractivity contribution is 7.89. The summed E-state index contributed by atoms with van der Waals surface area (Å²) in [6.45, 7) is 2.94. The summed E-state index contributed by atoms with van der Waals surface area (Å²) in [6, 6.07) is 6.40. The maximum absolute atomic E-state index is 13.0. The number of carbonyl (C=O) groups excluding carboxylic acids is 1. The number of carbonyl (C=O) groups is 1. The fourth-order valence-electron chi connectivity index (χ4n) is 2.62. The van der Waals surface area contributed by atoms with Gasteiger partial charge in [0.25, 0.3) is 5.56 Å². The lowest BCUT2D eigenvalue weighted by molar-refractivity contribution is -0.114. The first kappa shape index (κ1) is 19.2. The second-order valence-electron chi connectivity index (χ2n) is 6.07. The molecule has 0 aliphatic heterocycles. The van der Waals surface area contributed by atoms with Crippen molar-refractivity contribution < 1.29 is 13.2 Å². The molecule has 0 bridgehead atoms. The number of amides is 1. The lowest BCUT2D eigenvalue weighted by Crippen LogP contribution is -2.29. The lowest BCUT2D eigenvalue weighted by Gasteiger charge is -2.19. The number of aryl methyl sites for hydroxylation is 1. The molecule has 27 heavy (non-hydrogen) atoms. The number of rotatable bonds is 5. The fourth-order valence-corrected chi connectivity index (χ4v) is 4.72. The van der Waals surface area contributed by atoms with Gasteiger partial charge in [-0.25, -0.2) is 13.4 Å². The summed E-state index contributed by atoms with van der Waals surface area (Å²) in [5, 5.41) is 4.34. The van der Waals surface area contributed by atoms with Gasteiger partial charge in [-0.2, -0.15) is 4.31 Å². The average Bonchev–Trinajstić information content (AvgIpc) is 3.05. The van der Waals surface area contributed by atoms with Gasteiger partial charge in [0, 0.05) is 19.7 Å². The number of sulfonamides is 1. The van der Waals surface area contributed by atoms with Gasteiger partial charge in [-0.15, -0.1) is 11.3 Å². The van der Waals surface area contributed by atoms with Crippen molar-refractivity contribution in [1.29, 1.82) is 0 Å². The van der Waals surface area contributed by atoms with E-state index in [9.17, 15) is 18.0 Å². The summed E-state index contributed by atoms with van der Waals surface area (Å²) in [4.78, 5) is 30.3. The molecule has 3 aromatic rings. The molecule has 1 amide bonds. The van der Waals surface area contributed by atoms with Crippen LogP contribution in [0.3, 0.4) is 0 Å². The second kappa shape index (κ2) is 7.22. The summed E-state index contributed by atoms with van der Waals surface area (Å²) in [5.74, 6) is -0.0333. The first-order valence-electron chi connectivity index (χ1n) is 7.99. The molecule has 0 aliphatic rings. The monoisotopic (exact) mass is 406 g/mol. The molecule has 0 saturated heterocycles. The zero-order valence-corrected chi connectivity index (χ0v) is 16.6. The van der Waals surface area contributed by atoms with E-state index in [-0.39, 0.29) is 28.7 Å². The van der Waals surface area contributed by atoms with Crippen LogP contribution < -0.4 is 10.9 Å². The Morgan fingerprint density at radius 1 is 1.33 bits per heavy atom. The van der Waals surface area contributed by atoms with Crippen molar-refractivity contribution in [3.63, 3.8) is 0 Å². The van der Waals surface area contributed by atoms with Crippen LogP contribution in [0.1, 0.15) is 18.3 Å². The van der Waals surface area contributed by atoms with Crippen LogP contribution in [0, 0.1) is 6.92 Å². The van der Waals surface area contributed by atoms with E-state index in [1.807, 2.05) is 0 Å². The molecule has 0 aliphatic carbocycles. The number of fused-ring (bicyclic) bond motifs is 1. The van der Waals surface area contributed by atoms with Gasteiger partial charge in [0.2, 0.25) is 15.9 Å². The lowest BCUT2D eigenvalue weighted by atomic mass is 10.2. The Morgan fingerprint density at radius 2 is 2.07 bits per heavy atom. The standard InChI is InChI=1S/C17H18N4O4S2/c1-10-4-5-12(18-11(2)22)8-14(10)27(24,25)21(3)9-15-19-13-6-7-26-16(13)17(23)20-15/h4-8H,9H2,1-3H3,(H,18,22)(H,19,20,23). The van der Waals surface area contributed by atoms with Gasteiger partial charge in [0.15, 0.2) is 0 Å². The number of hydrogen-bond acceptors (Lipinski definition) is 6. The number of thiophene rings is 1. The molecule has 0 saturated carbocycles. The molecular weight excluding hydrogens is 388 g/mol. The highest BCUT2D eigenvalue weighted by atomic mass is 32.2. The van der Waals surface area contributed by atoms with E-state index in [0.717, 1.165) is 4.31 Å². The molecule has 3 rings (SSSR count). The van der Waals surface area contributed by atoms with Crippen molar-refractivity contribution in [1.82, 2.24) is 14.3 Å². The SMILES string of the molecule is CC(=O)Nc1ccc(C)c(S(=O)(=O)N(C)Cc2nc3ccsc3c(=O)[nH]2)c1. The molecule has 0 radical (unpaired) electrons. The van der Waals surface area contributed by atoms with Gasteiger partial charge in [-0.1, -0.05) is 6.07 Å². The molecular formula is C17H18N4O4S2. The van der Waals surface area contributed by atoms with Crippen LogP contribution in [-0.2, 0) is 21.4 Å². The molecule has 0 unspecified atom stereocenters. The fraction of sp³-hybridized carbons (Fsp3) is 0.235. The Kier molecular flexibility index (Phi) is 5.13. The average molecular weight is 406 g/mol. The van der Waals surface area contributed by atoms with Gasteiger partial charge in [-0.3, -0.25) is 9.59 Å². The van der Waals surface area contributed by atoms with Crippen LogP contribution in [0.15, 0.2) is 39.3 Å². The van der Waals surface area contributed by atoms with E-state index in [2.05, 4.69) is 15.3 Å². The summed E-state index contributed by atoms with van der Waals surface area (Å²) >= 11 is 1.28. The maximum atomic E-state index is 13.0. The molecule has 10 heteroatoms. The van der Waals surface area contributed by atoms with Crippen molar-refractivity contribution in [2.24, 2.45) is 0 Å². The van der Waals surface area contributed by atoms with E-state index in [4.69, 9.17) is 0 Å². The predicted molar refractivity (Wildman–Crippen MR) is 104 cm³/mol. The van der Waals surface area contributed by atoms with E-state index >= 15 is 0 Å². The number of hydrogen-bond donors (Lipinski definition) is 2. The van der Waals surface area contributed by atoms with E-state index in [1.165, 1.54) is 31.4 Å². The van der Waals surface area contributed by atoms with Crippen LogP contribution in [0.2, 0.25) is 0 Å². The van der Waals surface area contributed by atoms with Crippen LogP contribution >= 0.6 is 11.3 Å². The summed E-state index contributed by atoms with van der Waals surface area (Å²) in [6.07, 6.45) is 0. The van der Waals surface area contributed by atoms with Crippen molar-refractivity contribution in [3.8, 4) is 0 Å². The second-order valence-corrected chi connectivity index (χ2v) is 9.00. The third-order valence-electron chi connectivity index (χ3n) is 3.93. The molecule has 2 N–H and O–H groups in total. The van der Waals surface area contributed by atoms with Gasteiger partial charge in [-0.05, 0) is 36.1 Å². The number of H-pyrrole nitrogens is 1.